The van der Waals surface area contributed by atoms with Gasteiger partial charge in [0.05, 0.1) is 4.88 Å². The van der Waals surface area contributed by atoms with E-state index >= 15 is 0 Å². The number of nitrogens with zero attached hydrogens (tertiary/aromatic N) is 2. The lowest BCUT2D eigenvalue weighted by atomic mass is 10.3. The van der Waals surface area contributed by atoms with Gasteiger partial charge in [0.1, 0.15) is 11.4 Å². The topological polar surface area (TPSA) is 60.9 Å². The van der Waals surface area contributed by atoms with Gasteiger partial charge in [-0.1, -0.05) is 6.07 Å². The average molecular weight is 207 g/mol. The van der Waals surface area contributed by atoms with Crippen LogP contribution < -0.4 is 11.3 Å². The van der Waals surface area contributed by atoms with Gasteiger partial charge in [0.25, 0.3) is 5.56 Å². The Bertz CT molecular complexity index is 475. The van der Waals surface area contributed by atoms with Gasteiger partial charge in [-0.25, -0.2) is 4.68 Å². The molecular formula is C9H9N3OS. The van der Waals surface area contributed by atoms with Gasteiger partial charge in [0.2, 0.25) is 0 Å². The van der Waals surface area contributed by atoms with Crippen molar-refractivity contribution in [1.82, 2.24) is 9.78 Å². The van der Waals surface area contributed by atoms with E-state index in [9.17, 15) is 4.79 Å². The summed E-state index contributed by atoms with van der Waals surface area (Å²) in [7, 11) is 1.59. The minimum absolute atomic E-state index is 0.228. The van der Waals surface area contributed by atoms with Crippen LogP contribution in [0.2, 0.25) is 0 Å². The second-order valence-electron chi connectivity index (χ2n) is 2.89. The molecular weight excluding hydrogens is 198 g/mol. The lowest BCUT2D eigenvalue weighted by Gasteiger charge is -2.01. The van der Waals surface area contributed by atoms with E-state index < -0.39 is 0 Å². The molecule has 0 bridgehead atoms. The van der Waals surface area contributed by atoms with Crippen molar-refractivity contribution in [3.05, 3.63) is 33.9 Å². The van der Waals surface area contributed by atoms with E-state index in [1.807, 2.05) is 17.5 Å². The molecule has 0 aliphatic heterocycles. The molecule has 2 aromatic heterocycles. The van der Waals surface area contributed by atoms with Gasteiger partial charge in [0, 0.05) is 7.05 Å². The smallest absolute Gasteiger partial charge is 0.289 e. The summed E-state index contributed by atoms with van der Waals surface area (Å²) in [5, 5.41) is 6.07. The molecule has 0 spiro atoms. The van der Waals surface area contributed by atoms with Crippen molar-refractivity contribution in [2.45, 2.75) is 0 Å². The van der Waals surface area contributed by atoms with E-state index in [4.69, 9.17) is 5.73 Å². The molecule has 72 valence electrons. The van der Waals surface area contributed by atoms with Gasteiger partial charge in [-0.2, -0.15) is 5.10 Å². The molecule has 2 rings (SSSR count). The van der Waals surface area contributed by atoms with Crippen molar-refractivity contribution in [2.75, 3.05) is 5.73 Å². The third kappa shape index (κ3) is 1.42. The molecule has 2 heterocycles. The van der Waals surface area contributed by atoms with Crippen LogP contribution in [0.1, 0.15) is 0 Å². The van der Waals surface area contributed by atoms with Gasteiger partial charge >= 0.3 is 0 Å². The molecule has 0 saturated heterocycles. The van der Waals surface area contributed by atoms with Gasteiger partial charge in [-0.15, -0.1) is 11.3 Å². The van der Waals surface area contributed by atoms with Crippen molar-refractivity contribution >= 4 is 17.0 Å². The number of hydrogen-bond acceptors (Lipinski definition) is 4. The average Bonchev–Trinajstić information content (AvgIpc) is 2.66. The molecule has 5 heteroatoms. The fourth-order valence-corrected chi connectivity index (χ4v) is 1.86. The summed E-state index contributed by atoms with van der Waals surface area (Å²) in [6, 6.07) is 5.48. The summed E-state index contributed by atoms with van der Waals surface area (Å²) in [5.74, 6) is 0. The first kappa shape index (κ1) is 8.96. The molecule has 14 heavy (non-hydrogen) atoms. The number of nitrogens with two attached hydrogens (primary N) is 1. The predicted molar refractivity (Wildman–Crippen MR) is 57.2 cm³/mol. The minimum Gasteiger partial charge on any atom is -0.394 e. The molecule has 0 unspecified atom stereocenters. The summed E-state index contributed by atoms with van der Waals surface area (Å²) in [6.45, 7) is 0. The Morgan fingerprint density at radius 2 is 2.36 bits per heavy atom. The fraction of sp³-hybridized carbons (Fsp3) is 0.111. The third-order valence-electron chi connectivity index (χ3n) is 1.86. The van der Waals surface area contributed by atoms with Crippen LogP contribution in [0.15, 0.2) is 28.4 Å². The standard InChI is InChI=1S/C9H9N3OS/c1-12-9(13)6(10)5-7(11-12)8-3-2-4-14-8/h2-5H,10H2,1H3. The zero-order valence-corrected chi connectivity index (χ0v) is 8.41. The number of nitrogen functional groups attached to an aromatic ring is 1. The van der Waals surface area contributed by atoms with Crippen molar-refractivity contribution < 1.29 is 0 Å². The zero-order valence-electron chi connectivity index (χ0n) is 7.60. The van der Waals surface area contributed by atoms with Crippen molar-refractivity contribution in [2.24, 2.45) is 7.05 Å². The van der Waals surface area contributed by atoms with Crippen molar-refractivity contribution in [3.63, 3.8) is 0 Å². The molecule has 2 N–H and O–H groups in total. The van der Waals surface area contributed by atoms with Crippen LogP contribution in [0.5, 0.6) is 0 Å². The SMILES string of the molecule is Cn1nc(-c2cccs2)cc(N)c1=O. The highest BCUT2D eigenvalue weighted by Gasteiger charge is 2.05. The number of thiophene rings is 1. The molecule has 0 aliphatic rings. The first-order valence-electron chi connectivity index (χ1n) is 4.06. The summed E-state index contributed by atoms with van der Waals surface area (Å²) in [6.07, 6.45) is 0. The predicted octanol–water partition coefficient (Wildman–Crippen LogP) is 1.09. The van der Waals surface area contributed by atoms with Crippen LogP contribution in [-0.4, -0.2) is 9.78 Å². The number of hydrogen-bond donors (Lipinski definition) is 1. The Morgan fingerprint density at radius 3 is 2.93 bits per heavy atom. The van der Waals surface area contributed by atoms with Crippen molar-refractivity contribution in [1.29, 1.82) is 0 Å². The second kappa shape index (κ2) is 3.26. The van der Waals surface area contributed by atoms with Crippen LogP contribution in [0.25, 0.3) is 10.6 Å². The Balaban J connectivity index is 2.63. The molecule has 0 atom stereocenters. The first-order valence-corrected chi connectivity index (χ1v) is 4.94. The van der Waals surface area contributed by atoms with Crippen LogP contribution >= 0.6 is 11.3 Å². The molecule has 0 fully saturated rings. The molecule has 0 saturated carbocycles. The highest BCUT2D eigenvalue weighted by atomic mass is 32.1. The fourth-order valence-electron chi connectivity index (χ4n) is 1.18. The van der Waals surface area contributed by atoms with E-state index in [-0.39, 0.29) is 11.2 Å². The molecule has 4 nitrogen and oxygen atoms in total. The Morgan fingerprint density at radius 1 is 1.57 bits per heavy atom. The quantitative estimate of drug-likeness (QED) is 0.761. The molecule has 0 radical (unpaired) electrons. The maximum atomic E-state index is 11.3. The highest BCUT2D eigenvalue weighted by Crippen LogP contribution is 2.22. The number of anilines is 1. The summed E-state index contributed by atoms with van der Waals surface area (Å²) in [5.41, 5.74) is 6.26. The van der Waals surface area contributed by atoms with Crippen LogP contribution in [-0.2, 0) is 7.05 Å². The summed E-state index contributed by atoms with van der Waals surface area (Å²) >= 11 is 1.57. The summed E-state index contributed by atoms with van der Waals surface area (Å²) < 4.78 is 1.25. The van der Waals surface area contributed by atoms with Crippen LogP contribution in [0, 0.1) is 0 Å². The van der Waals surface area contributed by atoms with E-state index in [0.717, 1.165) is 10.6 Å². The number of aromatic nitrogens is 2. The van der Waals surface area contributed by atoms with Gasteiger partial charge in [-0.05, 0) is 17.5 Å². The lowest BCUT2D eigenvalue weighted by Crippen LogP contribution is -2.22. The largest absolute Gasteiger partial charge is 0.394 e. The van der Waals surface area contributed by atoms with E-state index in [1.165, 1.54) is 4.68 Å². The monoisotopic (exact) mass is 207 g/mol. The van der Waals surface area contributed by atoms with Gasteiger partial charge in [-0.3, -0.25) is 4.79 Å². The Kier molecular flexibility index (Phi) is 2.09. The number of aryl methyl sites for hydroxylation is 1. The normalized spacial score (nSPS) is 10.4. The van der Waals surface area contributed by atoms with Crippen molar-refractivity contribution in [3.8, 4) is 10.6 Å². The number of rotatable bonds is 1. The van der Waals surface area contributed by atoms with Gasteiger partial charge < -0.3 is 5.73 Å². The highest BCUT2D eigenvalue weighted by molar-refractivity contribution is 7.13. The third-order valence-corrected chi connectivity index (χ3v) is 2.76. The lowest BCUT2D eigenvalue weighted by molar-refractivity contribution is 0.716. The van der Waals surface area contributed by atoms with Gasteiger partial charge in [0.15, 0.2) is 0 Å². The molecule has 0 aromatic carbocycles. The minimum atomic E-state index is -0.259. The van der Waals surface area contributed by atoms with E-state index in [2.05, 4.69) is 5.10 Å². The van der Waals surface area contributed by atoms with E-state index in [1.54, 1.807) is 24.5 Å². The van der Waals surface area contributed by atoms with Crippen LogP contribution in [0.3, 0.4) is 0 Å². The Hall–Kier alpha value is -1.62. The van der Waals surface area contributed by atoms with E-state index in [0.29, 0.717) is 0 Å². The molecule has 0 amide bonds. The maximum absolute atomic E-state index is 11.3. The Labute approximate surface area is 84.6 Å². The zero-order chi connectivity index (χ0) is 10.1. The second-order valence-corrected chi connectivity index (χ2v) is 3.84. The molecule has 0 aliphatic carbocycles. The molecule has 2 aromatic rings. The van der Waals surface area contributed by atoms with Crippen LogP contribution in [0.4, 0.5) is 5.69 Å². The maximum Gasteiger partial charge on any atom is 0.289 e. The summed E-state index contributed by atoms with van der Waals surface area (Å²) in [4.78, 5) is 12.3. The first-order chi connectivity index (χ1) is 6.68.